The number of hydrogen-bond donors (Lipinski definition) is 0. The van der Waals surface area contributed by atoms with Crippen molar-refractivity contribution < 1.29 is 4.42 Å². The van der Waals surface area contributed by atoms with Crippen LogP contribution in [-0.2, 0) is 0 Å². The predicted molar refractivity (Wildman–Crippen MR) is 183 cm³/mol. The Bertz CT molecular complexity index is 2440. The molecule has 8 aromatic carbocycles. The van der Waals surface area contributed by atoms with E-state index in [9.17, 15) is 0 Å². The standard InChI is InChI=1S/C42H26O/c1-2-12-28(13-3-1)40-33-17-6-8-19-35(33)41(36-20-9-7-18-34(36)40)31-15-10-14-29(25-31)30-21-23-37-39(26-30)43-38-24-22-27-11-4-5-16-32(27)42(37)38/h1-26H. The lowest BCUT2D eigenvalue weighted by Crippen LogP contribution is -1.91. The SMILES string of the molecule is c1ccc(-c2c3ccccc3c(-c3cccc(-c4ccc5c(c4)oc4ccc6ccccc6c45)c3)c3ccccc23)cc1. The first-order chi connectivity index (χ1) is 21.3. The Morgan fingerprint density at radius 3 is 1.58 bits per heavy atom. The minimum Gasteiger partial charge on any atom is -0.456 e. The molecule has 0 bridgehead atoms. The van der Waals surface area contributed by atoms with E-state index in [1.54, 1.807) is 0 Å². The lowest BCUT2D eigenvalue weighted by atomic mass is 9.85. The molecule has 200 valence electrons. The first-order valence-electron chi connectivity index (χ1n) is 14.8. The van der Waals surface area contributed by atoms with Gasteiger partial charge in [0.2, 0.25) is 0 Å². The van der Waals surface area contributed by atoms with Gasteiger partial charge in [0.15, 0.2) is 0 Å². The maximum absolute atomic E-state index is 6.41. The normalized spacial score (nSPS) is 11.7. The summed E-state index contributed by atoms with van der Waals surface area (Å²) in [6.07, 6.45) is 0. The molecule has 0 aliphatic heterocycles. The van der Waals surface area contributed by atoms with E-state index >= 15 is 0 Å². The third kappa shape index (κ3) is 3.72. The average Bonchev–Trinajstić information content (AvgIpc) is 3.46. The van der Waals surface area contributed by atoms with Gasteiger partial charge in [-0.1, -0.05) is 133 Å². The summed E-state index contributed by atoms with van der Waals surface area (Å²) in [4.78, 5) is 0. The average molecular weight is 547 g/mol. The number of fused-ring (bicyclic) bond motifs is 7. The molecule has 0 radical (unpaired) electrons. The molecular formula is C42H26O. The Hall–Kier alpha value is -5.66. The second kappa shape index (κ2) is 9.44. The van der Waals surface area contributed by atoms with E-state index in [1.807, 2.05) is 0 Å². The van der Waals surface area contributed by atoms with Crippen molar-refractivity contribution in [2.75, 3.05) is 0 Å². The first kappa shape index (κ1) is 24.0. The Labute approximate surface area is 249 Å². The largest absolute Gasteiger partial charge is 0.456 e. The molecule has 0 atom stereocenters. The molecule has 0 saturated heterocycles. The fraction of sp³-hybridized carbons (Fsp3) is 0. The first-order valence-corrected chi connectivity index (χ1v) is 14.8. The van der Waals surface area contributed by atoms with Gasteiger partial charge in [-0.3, -0.25) is 0 Å². The van der Waals surface area contributed by atoms with Crippen molar-refractivity contribution >= 4 is 54.3 Å². The number of rotatable bonds is 3. The van der Waals surface area contributed by atoms with Crippen LogP contribution >= 0.6 is 0 Å². The Kier molecular flexibility index (Phi) is 5.27. The fourth-order valence-electron chi connectivity index (χ4n) is 6.94. The summed E-state index contributed by atoms with van der Waals surface area (Å²) in [6, 6.07) is 56.7. The van der Waals surface area contributed by atoms with Gasteiger partial charge < -0.3 is 4.42 Å². The number of furan rings is 1. The van der Waals surface area contributed by atoms with Gasteiger partial charge in [0.1, 0.15) is 11.2 Å². The molecule has 0 unspecified atom stereocenters. The van der Waals surface area contributed by atoms with Gasteiger partial charge in [-0.2, -0.15) is 0 Å². The molecule has 0 fully saturated rings. The van der Waals surface area contributed by atoms with Crippen LogP contribution in [0.4, 0.5) is 0 Å². The Morgan fingerprint density at radius 2 is 0.860 bits per heavy atom. The molecule has 0 amide bonds. The van der Waals surface area contributed by atoms with E-state index in [4.69, 9.17) is 4.42 Å². The number of benzene rings is 8. The van der Waals surface area contributed by atoms with E-state index in [0.29, 0.717) is 0 Å². The van der Waals surface area contributed by atoms with Gasteiger partial charge in [-0.25, -0.2) is 0 Å². The van der Waals surface area contributed by atoms with E-state index in [2.05, 4.69) is 158 Å². The maximum atomic E-state index is 6.41. The van der Waals surface area contributed by atoms with Crippen molar-refractivity contribution in [1.82, 2.24) is 0 Å². The van der Waals surface area contributed by atoms with Gasteiger partial charge in [0, 0.05) is 10.8 Å². The summed E-state index contributed by atoms with van der Waals surface area (Å²) in [5.41, 5.74) is 9.16. The zero-order valence-electron chi connectivity index (χ0n) is 23.4. The van der Waals surface area contributed by atoms with Gasteiger partial charge >= 0.3 is 0 Å². The molecule has 0 aliphatic rings. The van der Waals surface area contributed by atoms with Gasteiger partial charge in [0.25, 0.3) is 0 Å². The second-order valence-corrected chi connectivity index (χ2v) is 11.3. The van der Waals surface area contributed by atoms with Crippen LogP contribution in [0.1, 0.15) is 0 Å². The zero-order valence-corrected chi connectivity index (χ0v) is 23.4. The zero-order chi connectivity index (χ0) is 28.3. The molecule has 9 aromatic rings. The summed E-state index contributed by atoms with van der Waals surface area (Å²) in [5, 5.41) is 9.85. The molecule has 1 heteroatoms. The van der Waals surface area contributed by atoms with Crippen LogP contribution in [0.5, 0.6) is 0 Å². The lowest BCUT2D eigenvalue weighted by molar-refractivity contribution is 0.669. The molecule has 0 aliphatic carbocycles. The van der Waals surface area contributed by atoms with E-state index in [0.717, 1.165) is 22.1 Å². The minimum atomic E-state index is 0.914. The van der Waals surface area contributed by atoms with Crippen molar-refractivity contribution in [3.63, 3.8) is 0 Å². The van der Waals surface area contributed by atoms with Gasteiger partial charge in [-0.05, 0) is 90.0 Å². The molecule has 0 saturated carbocycles. The van der Waals surface area contributed by atoms with Gasteiger partial charge in [0.05, 0.1) is 0 Å². The lowest BCUT2D eigenvalue weighted by Gasteiger charge is -2.18. The monoisotopic (exact) mass is 546 g/mol. The summed E-state index contributed by atoms with van der Waals surface area (Å²) in [5.74, 6) is 0. The quantitative estimate of drug-likeness (QED) is 0.201. The highest BCUT2D eigenvalue weighted by Crippen LogP contribution is 2.44. The van der Waals surface area contributed by atoms with Crippen LogP contribution < -0.4 is 0 Å². The molecule has 0 N–H and O–H groups in total. The van der Waals surface area contributed by atoms with E-state index in [-0.39, 0.29) is 0 Å². The summed E-state index contributed by atoms with van der Waals surface area (Å²) in [6.45, 7) is 0. The Balaban J connectivity index is 1.26. The van der Waals surface area contributed by atoms with Crippen molar-refractivity contribution in [2.24, 2.45) is 0 Å². The smallest absolute Gasteiger partial charge is 0.136 e. The van der Waals surface area contributed by atoms with Crippen LogP contribution in [0.15, 0.2) is 162 Å². The molecule has 43 heavy (non-hydrogen) atoms. The highest BCUT2D eigenvalue weighted by Gasteiger charge is 2.17. The molecule has 1 aromatic heterocycles. The van der Waals surface area contributed by atoms with Crippen molar-refractivity contribution in [3.05, 3.63) is 158 Å². The summed E-state index contributed by atoms with van der Waals surface area (Å²) >= 11 is 0. The fourth-order valence-corrected chi connectivity index (χ4v) is 6.94. The second-order valence-electron chi connectivity index (χ2n) is 11.3. The summed E-state index contributed by atoms with van der Waals surface area (Å²) in [7, 11) is 0. The molecule has 1 heterocycles. The molecule has 1 nitrogen and oxygen atoms in total. The maximum Gasteiger partial charge on any atom is 0.136 e. The molecule has 9 rings (SSSR count). The summed E-state index contributed by atoms with van der Waals surface area (Å²) < 4.78 is 6.41. The Morgan fingerprint density at radius 1 is 0.302 bits per heavy atom. The third-order valence-electron chi connectivity index (χ3n) is 8.84. The van der Waals surface area contributed by atoms with Crippen LogP contribution in [0.3, 0.4) is 0 Å². The minimum absolute atomic E-state index is 0.914. The highest BCUT2D eigenvalue weighted by molar-refractivity contribution is 6.22. The van der Waals surface area contributed by atoms with E-state index < -0.39 is 0 Å². The molecular weight excluding hydrogens is 520 g/mol. The van der Waals surface area contributed by atoms with Gasteiger partial charge in [-0.15, -0.1) is 0 Å². The van der Waals surface area contributed by atoms with Crippen LogP contribution in [0.25, 0.3) is 87.6 Å². The van der Waals surface area contributed by atoms with Crippen LogP contribution in [-0.4, -0.2) is 0 Å². The van der Waals surface area contributed by atoms with E-state index in [1.165, 1.54) is 65.5 Å². The van der Waals surface area contributed by atoms with Crippen molar-refractivity contribution in [1.29, 1.82) is 0 Å². The topological polar surface area (TPSA) is 13.1 Å². The van der Waals surface area contributed by atoms with Crippen molar-refractivity contribution in [3.8, 4) is 33.4 Å². The van der Waals surface area contributed by atoms with Crippen molar-refractivity contribution in [2.45, 2.75) is 0 Å². The number of hydrogen-bond acceptors (Lipinski definition) is 1. The van der Waals surface area contributed by atoms with Crippen LogP contribution in [0.2, 0.25) is 0 Å². The highest BCUT2D eigenvalue weighted by atomic mass is 16.3. The predicted octanol–water partition coefficient (Wildman–Crippen LogP) is 12.0. The third-order valence-corrected chi connectivity index (χ3v) is 8.84. The van der Waals surface area contributed by atoms with Crippen LogP contribution in [0, 0.1) is 0 Å². The molecule has 0 spiro atoms.